The molecule has 0 N–H and O–H groups in total. The van der Waals surface area contributed by atoms with Crippen molar-refractivity contribution in [3.8, 4) is 5.75 Å². The molecule has 2 aromatic rings. The molecule has 1 saturated heterocycles. The third-order valence-electron chi connectivity index (χ3n) is 4.53. The molecule has 0 aliphatic carbocycles. The Morgan fingerprint density at radius 3 is 2.54 bits per heavy atom. The topological polar surface area (TPSA) is 12.5 Å². The van der Waals surface area contributed by atoms with Gasteiger partial charge in [-0.3, -0.25) is 0 Å². The number of nitrogens with zero attached hydrogens (tertiary/aromatic N) is 1. The first-order chi connectivity index (χ1) is 11.9. The molecule has 0 amide bonds. The van der Waals surface area contributed by atoms with Crippen molar-refractivity contribution in [2.45, 2.75) is 19.3 Å². The number of rotatable bonds is 7. The predicted octanol–water partition coefficient (Wildman–Crippen LogP) is 4.88. The molecule has 0 radical (unpaired) electrons. The summed E-state index contributed by atoms with van der Waals surface area (Å²) in [6, 6.07) is 20.7. The highest BCUT2D eigenvalue weighted by Gasteiger charge is 2.17. The molecule has 1 atom stereocenters. The van der Waals surface area contributed by atoms with Gasteiger partial charge in [0.25, 0.3) is 0 Å². The standard InChI is InChI=1S/C22H27NO/c1-3-9-20(10-4-1)14-15-21-11-7-16-23(19-21)17-8-18-24-22-12-5-2-6-13-22/h1-6,9-10,12-15,21H,7-8,11,16-19H2/b15-14+. The Balaban J connectivity index is 1.38. The first-order valence-corrected chi connectivity index (χ1v) is 9.03. The van der Waals surface area contributed by atoms with Gasteiger partial charge in [-0.15, -0.1) is 0 Å². The molecule has 126 valence electrons. The lowest BCUT2D eigenvalue weighted by molar-refractivity contribution is 0.180. The number of hydrogen-bond acceptors (Lipinski definition) is 2. The average molecular weight is 321 g/mol. The lowest BCUT2D eigenvalue weighted by Crippen LogP contribution is -2.35. The van der Waals surface area contributed by atoms with E-state index in [9.17, 15) is 0 Å². The normalized spacial score (nSPS) is 18.8. The number of benzene rings is 2. The maximum absolute atomic E-state index is 5.79. The summed E-state index contributed by atoms with van der Waals surface area (Å²) >= 11 is 0. The van der Waals surface area contributed by atoms with Crippen molar-refractivity contribution < 1.29 is 4.74 Å². The zero-order valence-corrected chi connectivity index (χ0v) is 14.3. The maximum atomic E-state index is 5.79. The second-order valence-electron chi connectivity index (χ2n) is 6.49. The molecule has 1 heterocycles. The van der Waals surface area contributed by atoms with Crippen LogP contribution in [0.4, 0.5) is 0 Å². The molecule has 2 nitrogen and oxygen atoms in total. The number of hydrogen-bond donors (Lipinski definition) is 0. The Hall–Kier alpha value is -2.06. The van der Waals surface area contributed by atoms with Crippen molar-refractivity contribution in [1.82, 2.24) is 4.90 Å². The van der Waals surface area contributed by atoms with Crippen molar-refractivity contribution in [2.24, 2.45) is 5.92 Å². The summed E-state index contributed by atoms with van der Waals surface area (Å²) in [5.41, 5.74) is 1.30. The lowest BCUT2D eigenvalue weighted by Gasteiger charge is -2.31. The van der Waals surface area contributed by atoms with Gasteiger partial charge in [0.1, 0.15) is 5.75 Å². The molecule has 1 fully saturated rings. The number of para-hydroxylation sites is 1. The zero-order chi connectivity index (χ0) is 16.5. The molecular weight excluding hydrogens is 294 g/mol. The molecule has 0 spiro atoms. The highest BCUT2D eigenvalue weighted by molar-refractivity contribution is 5.49. The molecule has 1 aliphatic heterocycles. The van der Waals surface area contributed by atoms with Crippen LogP contribution in [0, 0.1) is 5.92 Å². The molecule has 2 aromatic carbocycles. The third-order valence-corrected chi connectivity index (χ3v) is 4.53. The van der Waals surface area contributed by atoms with E-state index in [1.54, 1.807) is 0 Å². The Bertz CT molecular complexity index is 608. The molecule has 1 aliphatic rings. The predicted molar refractivity (Wildman–Crippen MR) is 101 cm³/mol. The molecule has 2 heteroatoms. The minimum Gasteiger partial charge on any atom is -0.494 e. The molecule has 0 aromatic heterocycles. The van der Waals surface area contributed by atoms with Gasteiger partial charge in [-0.25, -0.2) is 0 Å². The Kier molecular flexibility index (Phi) is 6.50. The quantitative estimate of drug-likeness (QED) is 0.674. The van der Waals surface area contributed by atoms with Crippen LogP contribution in [0.1, 0.15) is 24.8 Å². The summed E-state index contributed by atoms with van der Waals surface area (Å²) in [6.45, 7) is 4.32. The van der Waals surface area contributed by atoms with Crippen LogP contribution in [0.2, 0.25) is 0 Å². The molecule has 0 bridgehead atoms. The number of likely N-dealkylation sites (tertiary alicyclic amines) is 1. The van der Waals surface area contributed by atoms with Gasteiger partial charge < -0.3 is 9.64 Å². The van der Waals surface area contributed by atoms with E-state index in [0.717, 1.165) is 25.3 Å². The van der Waals surface area contributed by atoms with E-state index in [-0.39, 0.29) is 0 Å². The van der Waals surface area contributed by atoms with Crippen LogP contribution in [0.5, 0.6) is 5.75 Å². The Morgan fingerprint density at radius 1 is 1.00 bits per heavy atom. The van der Waals surface area contributed by atoms with Gasteiger partial charge in [-0.2, -0.15) is 0 Å². The first kappa shape index (κ1) is 16.8. The lowest BCUT2D eigenvalue weighted by atomic mass is 9.96. The summed E-state index contributed by atoms with van der Waals surface area (Å²) in [5.74, 6) is 1.65. The molecule has 24 heavy (non-hydrogen) atoms. The fraction of sp³-hybridized carbons (Fsp3) is 0.364. The summed E-state index contributed by atoms with van der Waals surface area (Å²) < 4.78 is 5.79. The van der Waals surface area contributed by atoms with E-state index in [0.29, 0.717) is 5.92 Å². The van der Waals surface area contributed by atoms with Crippen LogP contribution in [0.25, 0.3) is 6.08 Å². The van der Waals surface area contributed by atoms with Crippen LogP contribution in [0.15, 0.2) is 66.7 Å². The van der Waals surface area contributed by atoms with Crippen LogP contribution in [-0.2, 0) is 0 Å². The van der Waals surface area contributed by atoms with E-state index >= 15 is 0 Å². The molecule has 0 saturated carbocycles. The fourth-order valence-electron chi connectivity index (χ4n) is 3.26. The summed E-state index contributed by atoms with van der Waals surface area (Å²) in [4.78, 5) is 2.58. The van der Waals surface area contributed by atoms with Crippen molar-refractivity contribution in [3.63, 3.8) is 0 Å². The number of piperidine rings is 1. The minimum absolute atomic E-state index is 0.675. The molecular formula is C22H27NO. The van der Waals surface area contributed by atoms with Crippen molar-refractivity contribution >= 4 is 6.08 Å². The SMILES string of the molecule is C(=C\C1CCCN(CCCOc2ccccc2)C1)/c1ccccc1. The second-order valence-corrected chi connectivity index (χ2v) is 6.49. The fourth-order valence-corrected chi connectivity index (χ4v) is 3.26. The smallest absolute Gasteiger partial charge is 0.119 e. The van der Waals surface area contributed by atoms with Crippen molar-refractivity contribution in [2.75, 3.05) is 26.2 Å². The Morgan fingerprint density at radius 2 is 1.75 bits per heavy atom. The van der Waals surface area contributed by atoms with Crippen LogP contribution in [0.3, 0.4) is 0 Å². The zero-order valence-electron chi connectivity index (χ0n) is 14.3. The summed E-state index contributed by atoms with van der Waals surface area (Å²) in [5, 5.41) is 0. The largest absolute Gasteiger partial charge is 0.494 e. The minimum atomic E-state index is 0.675. The van der Waals surface area contributed by atoms with Gasteiger partial charge in [0.05, 0.1) is 6.61 Å². The summed E-state index contributed by atoms with van der Waals surface area (Å²) in [6.07, 6.45) is 8.35. The van der Waals surface area contributed by atoms with Gasteiger partial charge >= 0.3 is 0 Å². The van der Waals surface area contributed by atoms with E-state index in [1.165, 1.54) is 31.5 Å². The monoisotopic (exact) mass is 321 g/mol. The molecule has 3 rings (SSSR count). The van der Waals surface area contributed by atoms with E-state index in [1.807, 2.05) is 30.3 Å². The van der Waals surface area contributed by atoms with Crippen LogP contribution >= 0.6 is 0 Å². The van der Waals surface area contributed by atoms with Gasteiger partial charge in [0.2, 0.25) is 0 Å². The van der Waals surface area contributed by atoms with Gasteiger partial charge in [0.15, 0.2) is 0 Å². The summed E-state index contributed by atoms with van der Waals surface area (Å²) in [7, 11) is 0. The van der Waals surface area contributed by atoms with Gasteiger partial charge in [0, 0.05) is 13.1 Å². The third kappa shape index (κ3) is 5.54. The second kappa shape index (κ2) is 9.29. The van der Waals surface area contributed by atoms with Crippen molar-refractivity contribution in [1.29, 1.82) is 0 Å². The highest BCUT2D eigenvalue weighted by Crippen LogP contribution is 2.19. The van der Waals surface area contributed by atoms with E-state index in [2.05, 4.69) is 47.4 Å². The highest BCUT2D eigenvalue weighted by atomic mass is 16.5. The molecule has 1 unspecified atom stereocenters. The Labute approximate surface area is 145 Å². The maximum Gasteiger partial charge on any atom is 0.119 e. The number of ether oxygens (including phenoxy) is 1. The van der Waals surface area contributed by atoms with Crippen LogP contribution in [-0.4, -0.2) is 31.1 Å². The van der Waals surface area contributed by atoms with E-state index in [4.69, 9.17) is 4.74 Å². The van der Waals surface area contributed by atoms with E-state index < -0.39 is 0 Å². The van der Waals surface area contributed by atoms with Crippen LogP contribution < -0.4 is 4.74 Å². The van der Waals surface area contributed by atoms with Crippen molar-refractivity contribution in [3.05, 3.63) is 72.3 Å². The van der Waals surface area contributed by atoms with Gasteiger partial charge in [-0.1, -0.05) is 60.7 Å². The average Bonchev–Trinajstić information content (AvgIpc) is 2.66. The first-order valence-electron chi connectivity index (χ1n) is 9.03. The van der Waals surface area contributed by atoms with Gasteiger partial charge in [-0.05, 0) is 49.4 Å².